The number of rotatable bonds is 5. The van der Waals surface area contributed by atoms with Gasteiger partial charge in [-0.1, -0.05) is 12.1 Å². The number of para-hydroxylation sites is 2. The van der Waals surface area contributed by atoms with Crippen molar-refractivity contribution in [3.05, 3.63) is 30.1 Å². The molecule has 0 saturated carbocycles. The van der Waals surface area contributed by atoms with Crippen LogP contribution in [-0.2, 0) is 17.1 Å². The maximum absolute atomic E-state index is 12.3. The highest BCUT2D eigenvalue weighted by Gasteiger charge is 2.18. The van der Waals surface area contributed by atoms with Crippen LogP contribution in [0.1, 0.15) is 12.2 Å². The molecule has 1 fully saturated rings. The van der Waals surface area contributed by atoms with Crippen LogP contribution in [0.25, 0.3) is 11.0 Å². The van der Waals surface area contributed by atoms with Gasteiger partial charge in [-0.25, -0.2) is 4.98 Å². The van der Waals surface area contributed by atoms with E-state index in [1.807, 2.05) is 35.1 Å². The Hall–Kier alpha value is -1.53. The number of carbonyl (C=O) groups is 1. The Morgan fingerprint density at radius 3 is 3.14 bits per heavy atom. The van der Waals surface area contributed by atoms with Crippen LogP contribution < -0.4 is 10.6 Å². The summed E-state index contributed by atoms with van der Waals surface area (Å²) in [5.41, 5.74) is 1.98. The second-order valence-corrected chi connectivity index (χ2v) is 6.16. The van der Waals surface area contributed by atoms with Crippen LogP contribution in [0.5, 0.6) is 0 Å². The normalized spacial score (nSPS) is 18.2. The Balaban J connectivity index is 1.80. The molecule has 1 saturated heterocycles. The van der Waals surface area contributed by atoms with E-state index in [1.165, 1.54) is 0 Å². The van der Waals surface area contributed by atoms with Crippen LogP contribution in [0.3, 0.4) is 0 Å². The zero-order chi connectivity index (χ0) is 14.7. The van der Waals surface area contributed by atoms with E-state index in [0.717, 1.165) is 42.1 Å². The van der Waals surface area contributed by atoms with Gasteiger partial charge in [0.1, 0.15) is 12.4 Å². The smallest absolute Gasteiger partial charge is 0.240 e. The minimum atomic E-state index is 0.0641. The van der Waals surface area contributed by atoms with Gasteiger partial charge < -0.3 is 15.2 Å². The number of thioether (sulfide) groups is 1. The minimum absolute atomic E-state index is 0.0641. The lowest BCUT2D eigenvalue weighted by Gasteiger charge is -2.13. The molecule has 112 valence electrons. The van der Waals surface area contributed by atoms with E-state index < -0.39 is 0 Å². The van der Waals surface area contributed by atoms with Crippen molar-refractivity contribution in [2.45, 2.75) is 24.8 Å². The van der Waals surface area contributed by atoms with Gasteiger partial charge in [-0.05, 0) is 31.4 Å². The van der Waals surface area contributed by atoms with Gasteiger partial charge in [0.05, 0.1) is 16.8 Å². The topological polar surface area (TPSA) is 59.0 Å². The molecule has 1 atom stereocenters. The fourth-order valence-electron chi connectivity index (χ4n) is 2.74. The van der Waals surface area contributed by atoms with Gasteiger partial charge in [0.15, 0.2) is 0 Å². The van der Waals surface area contributed by atoms with E-state index in [4.69, 9.17) is 0 Å². The largest absolute Gasteiger partial charge is 0.350 e. The van der Waals surface area contributed by atoms with Gasteiger partial charge in [-0.3, -0.25) is 4.79 Å². The quantitative estimate of drug-likeness (QED) is 0.876. The number of hydrogen-bond donors (Lipinski definition) is 2. The number of amides is 1. The molecule has 21 heavy (non-hydrogen) atoms. The maximum Gasteiger partial charge on any atom is 0.240 e. The number of benzene rings is 1. The van der Waals surface area contributed by atoms with Crippen molar-refractivity contribution >= 4 is 28.7 Å². The van der Waals surface area contributed by atoms with E-state index in [0.29, 0.717) is 6.54 Å². The summed E-state index contributed by atoms with van der Waals surface area (Å²) >= 11 is 1.72. The minimum Gasteiger partial charge on any atom is -0.350 e. The average molecular weight is 304 g/mol. The molecule has 5 nitrogen and oxygen atoms in total. The number of imidazole rings is 1. The first-order valence-corrected chi connectivity index (χ1v) is 8.60. The van der Waals surface area contributed by atoms with Gasteiger partial charge in [0.2, 0.25) is 5.91 Å². The summed E-state index contributed by atoms with van der Waals surface area (Å²) in [5.74, 6) is 1.84. The first-order chi connectivity index (χ1) is 10.3. The first-order valence-electron chi connectivity index (χ1n) is 7.21. The van der Waals surface area contributed by atoms with Crippen LogP contribution in [0.2, 0.25) is 0 Å². The lowest BCUT2D eigenvalue weighted by Crippen LogP contribution is -2.38. The molecule has 2 aromatic rings. The lowest BCUT2D eigenvalue weighted by atomic mass is 10.2. The number of carbonyl (C=O) groups excluding carboxylic acids is 1. The summed E-state index contributed by atoms with van der Waals surface area (Å²) in [6.07, 6.45) is 3.06. The lowest BCUT2D eigenvalue weighted by molar-refractivity contribution is -0.122. The van der Waals surface area contributed by atoms with E-state index >= 15 is 0 Å². The highest BCUT2D eigenvalue weighted by Crippen LogP contribution is 2.18. The van der Waals surface area contributed by atoms with Crippen molar-refractivity contribution in [1.29, 1.82) is 0 Å². The van der Waals surface area contributed by atoms with E-state index in [9.17, 15) is 4.79 Å². The average Bonchev–Trinajstić information content (AvgIpc) is 3.08. The van der Waals surface area contributed by atoms with Gasteiger partial charge in [-0.2, -0.15) is 11.8 Å². The third-order valence-corrected chi connectivity index (χ3v) is 4.28. The van der Waals surface area contributed by atoms with Crippen LogP contribution >= 0.6 is 11.8 Å². The molecule has 0 radical (unpaired) electrons. The number of nitrogens with zero attached hydrogens (tertiary/aromatic N) is 2. The second-order valence-electron chi connectivity index (χ2n) is 5.29. The summed E-state index contributed by atoms with van der Waals surface area (Å²) in [6, 6.07) is 8.25. The zero-order valence-corrected chi connectivity index (χ0v) is 12.9. The number of aromatic nitrogens is 2. The molecular formula is C15H20N4OS. The van der Waals surface area contributed by atoms with Gasteiger partial charge in [0.25, 0.3) is 0 Å². The Labute approximate surface area is 128 Å². The second kappa shape index (κ2) is 6.49. The molecule has 1 aromatic carbocycles. The van der Waals surface area contributed by atoms with Gasteiger partial charge in [-0.15, -0.1) is 0 Å². The summed E-state index contributed by atoms with van der Waals surface area (Å²) in [7, 11) is 0. The van der Waals surface area contributed by atoms with Crippen LogP contribution in [0.4, 0.5) is 0 Å². The zero-order valence-electron chi connectivity index (χ0n) is 12.1. The van der Waals surface area contributed by atoms with Crippen LogP contribution in [-0.4, -0.2) is 40.8 Å². The number of nitrogens with one attached hydrogen (secondary N) is 2. The predicted molar refractivity (Wildman–Crippen MR) is 86.4 cm³/mol. The van der Waals surface area contributed by atoms with Crippen molar-refractivity contribution in [3.63, 3.8) is 0 Å². The highest BCUT2D eigenvalue weighted by molar-refractivity contribution is 7.97. The Kier molecular flexibility index (Phi) is 4.45. The molecule has 0 aliphatic carbocycles. The predicted octanol–water partition coefficient (Wildman–Crippen LogP) is 1.38. The Morgan fingerprint density at radius 2 is 2.38 bits per heavy atom. The highest BCUT2D eigenvalue weighted by atomic mass is 32.2. The van der Waals surface area contributed by atoms with Crippen molar-refractivity contribution in [2.24, 2.45) is 0 Å². The standard InChI is InChI=1S/C15H20N4OS/c1-21-10-14-18-12-4-2-3-5-13(12)19(14)9-15(20)17-11-6-7-16-8-11/h2-5,11,16H,6-10H2,1H3,(H,17,20). The molecule has 6 heteroatoms. The van der Waals surface area contributed by atoms with Crippen molar-refractivity contribution in [3.8, 4) is 0 Å². The maximum atomic E-state index is 12.3. The Morgan fingerprint density at radius 1 is 1.52 bits per heavy atom. The SMILES string of the molecule is CSCc1nc2ccccc2n1CC(=O)NC1CCNC1. The molecule has 2 N–H and O–H groups in total. The molecule has 1 amide bonds. The number of fused-ring (bicyclic) bond motifs is 1. The van der Waals surface area contributed by atoms with E-state index in [-0.39, 0.29) is 11.9 Å². The molecule has 0 spiro atoms. The third-order valence-electron chi connectivity index (χ3n) is 3.73. The molecule has 1 aliphatic heterocycles. The Bertz CT molecular complexity index is 634. The molecule has 1 aromatic heterocycles. The van der Waals surface area contributed by atoms with Crippen molar-refractivity contribution in [1.82, 2.24) is 20.2 Å². The molecule has 1 unspecified atom stereocenters. The van der Waals surface area contributed by atoms with Crippen LogP contribution in [0.15, 0.2) is 24.3 Å². The van der Waals surface area contributed by atoms with Gasteiger partial charge >= 0.3 is 0 Å². The molecule has 1 aliphatic rings. The summed E-state index contributed by atoms with van der Waals surface area (Å²) in [4.78, 5) is 16.9. The fraction of sp³-hybridized carbons (Fsp3) is 0.467. The summed E-state index contributed by atoms with van der Waals surface area (Å²) < 4.78 is 2.03. The fourth-order valence-corrected chi connectivity index (χ4v) is 3.21. The third kappa shape index (κ3) is 3.22. The van der Waals surface area contributed by atoms with Gasteiger partial charge in [0, 0.05) is 12.6 Å². The van der Waals surface area contributed by atoms with Crippen LogP contribution in [0, 0.1) is 0 Å². The first kappa shape index (κ1) is 14.4. The van der Waals surface area contributed by atoms with E-state index in [1.54, 1.807) is 11.8 Å². The molecule has 2 heterocycles. The molecule has 3 rings (SSSR count). The summed E-state index contributed by atoms with van der Waals surface area (Å²) in [6.45, 7) is 2.19. The van der Waals surface area contributed by atoms with Crippen molar-refractivity contribution < 1.29 is 4.79 Å². The molecule has 0 bridgehead atoms. The summed E-state index contributed by atoms with van der Waals surface area (Å²) in [5, 5.41) is 6.35. The van der Waals surface area contributed by atoms with E-state index in [2.05, 4.69) is 15.6 Å². The van der Waals surface area contributed by atoms with Crippen molar-refractivity contribution in [2.75, 3.05) is 19.3 Å². The number of hydrogen-bond acceptors (Lipinski definition) is 4. The monoisotopic (exact) mass is 304 g/mol. The molecular weight excluding hydrogens is 284 g/mol.